The number of aromatic nitrogens is 2. The van der Waals surface area contributed by atoms with Gasteiger partial charge in [-0.05, 0) is 132 Å². The number of piperidine rings is 1. The van der Waals surface area contributed by atoms with Crippen LogP contribution in [0.2, 0.25) is 5.02 Å². The molecule has 1 aromatic heterocycles. The van der Waals surface area contributed by atoms with Gasteiger partial charge in [0.2, 0.25) is 11.9 Å². The van der Waals surface area contributed by atoms with Gasteiger partial charge in [0.1, 0.15) is 10.8 Å². The third kappa shape index (κ3) is 8.27. The number of amides is 1. The molecule has 1 aliphatic heterocycles. The van der Waals surface area contributed by atoms with Crippen LogP contribution in [0.15, 0.2) is 59.6 Å². The second-order valence-electron chi connectivity index (χ2n) is 14.5. The summed E-state index contributed by atoms with van der Waals surface area (Å²) in [5.74, 6) is 3.68. The largest absolute Gasteiger partial charge is 0.489 e. The Morgan fingerprint density at radius 3 is 2.48 bits per heavy atom. The summed E-state index contributed by atoms with van der Waals surface area (Å²) in [5.41, 5.74) is 3.47. The van der Waals surface area contributed by atoms with Crippen LogP contribution >= 0.6 is 11.6 Å². The van der Waals surface area contributed by atoms with Gasteiger partial charge in [0.25, 0.3) is 0 Å². The Hall–Kier alpha value is -3.67. The number of allylic oxidation sites excluding steroid dienone is 2. The van der Waals surface area contributed by atoms with E-state index in [0.29, 0.717) is 35.7 Å². The predicted octanol–water partition coefficient (Wildman–Crippen LogP) is 7.40. The topological polar surface area (TPSA) is 126 Å². The highest BCUT2D eigenvalue weighted by Crippen LogP contribution is 2.43. The van der Waals surface area contributed by atoms with Crippen molar-refractivity contribution in [2.75, 3.05) is 36.8 Å². The van der Waals surface area contributed by atoms with Crippen molar-refractivity contribution in [3.63, 3.8) is 0 Å². The van der Waals surface area contributed by atoms with Crippen molar-refractivity contribution in [2.24, 2.45) is 17.8 Å². The van der Waals surface area contributed by atoms with Crippen molar-refractivity contribution in [3.8, 4) is 5.75 Å². The second kappa shape index (κ2) is 15.3. The number of halogens is 1. The molecule has 2 fully saturated rings. The maximum absolute atomic E-state index is 13.0. The third-order valence-corrected chi connectivity index (χ3v) is 12.6. The number of sulfone groups is 1. The number of nitrogens with zero attached hydrogens (tertiary/aromatic N) is 3. The lowest BCUT2D eigenvalue weighted by atomic mass is 9.86. The van der Waals surface area contributed by atoms with Crippen molar-refractivity contribution in [1.82, 2.24) is 20.2 Å². The first kappa shape index (κ1) is 36.1. The Labute approximate surface area is 301 Å². The number of anilines is 4. The Morgan fingerprint density at radius 1 is 1.04 bits per heavy atom. The van der Waals surface area contributed by atoms with E-state index < -0.39 is 15.1 Å². The minimum Gasteiger partial charge on any atom is -0.489 e. The molecule has 3 atom stereocenters. The van der Waals surface area contributed by atoms with E-state index in [-0.39, 0.29) is 33.7 Å². The maximum Gasteiger partial charge on any atom is 0.234 e. The molecule has 2 bridgehead atoms. The summed E-state index contributed by atoms with van der Waals surface area (Å²) in [5, 5.41) is 9.29. The Morgan fingerprint density at radius 2 is 1.80 bits per heavy atom. The quantitative estimate of drug-likeness (QED) is 0.155. The molecule has 12 heteroatoms. The fourth-order valence-corrected chi connectivity index (χ4v) is 8.80. The average molecular weight is 721 g/mol. The highest BCUT2D eigenvalue weighted by atomic mass is 35.5. The summed E-state index contributed by atoms with van der Waals surface area (Å²) >= 11 is 6.49. The fraction of sp³-hybridized carbons (Fsp3) is 0.500. The zero-order valence-corrected chi connectivity index (χ0v) is 31.2. The number of benzene rings is 2. The molecule has 1 saturated carbocycles. The minimum atomic E-state index is -3.55. The van der Waals surface area contributed by atoms with Crippen molar-refractivity contribution < 1.29 is 17.9 Å². The van der Waals surface area contributed by atoms with Gasteiger partial charge in [-0.15, -0.1) is 0 Å². The molecule has 2 aromatic carbocycles. The van der Waals surface area contributed by atoms with Gasteiger partial charge >= 0.3 is 0 Å². The number of rotatable bonds is 13. The molecule has 6 rings (SSSR count). The summed E-state index contributed by atoms with van der Waals surface area (Å²) in [7, 11) is -3.55. The predicted molar refractivity (Wildman–Crippen MR) is 200 cm³/mol. The van der Waals surface area contributed by atoms with Crippen LogP contribution in [0.5, 0.6) is 5.75 Å². The summed E-state index contributed by atoms with van der Waals surface area (Å²) in [6.45, 7) is 12.4. The van der Waals surface area contributed by atoms with Crippen LogP contribution in [-0.4, -0.2) is 66.7 Å². The van der Waals surface area contributed by atoms with E-state index in [2.05, 4.69) is 62.0 Å². The standard InChI is InChI=1S/C38H49ClN6O4S/c1-23(2)49-34-19-30(27-12-14-45(15-13-27)22-36(46)40-20-29-18-26-10-11-28(29)17-26)25(5)16-33(34)43-38-41-21-31(39)37(44-38)42-32-8-6-7-9-35(32)50(47,48)24(3)4/h6-11,16,19,21,23-24,26-29H,12-15,17-18,20,22H2,1-5H3,(H,40,46)(H2,41,42,43,44). The van der Waals surface area contributed by atoms with E-state index in [1.54, 1.807) is 38.1 Å². The molecule has 0 spiro atoms. The number of nitrogens with one attached hydrogen (secondary N) is 3. The van der Waals surface area contributed by atoms with Gasteiger partial charge < -0.3 is 20.7 Å². The zero-order valence-electron chi connectivity index (χ0n) is 29.6. The molecule has 3 aliphatic rings. The van der Waals surface area contributed by atoms with Crippen molar-refractivity contribution in [3.05, 3.63) is 70.9 Å². The molecule has 3 unspecified atom stereocenters. The van der Waals surface area contributed by atoms with Gasteiger partial charge in [-0.25, -0.2) is 13.4 Å². The molecular weight excluding hydrogens is 672 g/mol. The van der Waals surface area contributed by atoms with Crippen LogP contribution in [0.25, 0.3) is 0 Å². The Kier molecular flexibility index (Phi) is 11.0. The van der Waals surface area contributed by atoms with Crippen LogP contribution in [0.4, 0.5) is 23.1 Å². The van der Waals surface area contributed by atoms with E-state index in [0.717, 1.165) is 49.6 Å². The highest BCUT2D eigenvalue weighted by Gasteiger charge is 2.35. The minimum absolute atomic E-state index is 0.0651. The number of ether oxygens (including phenoxy) is 1. The third-order valence-electron chi connectivity index (χ3n) is 10.2. The molecule has 50 heavy (non-hydrogen) atoms. The van der Waals surface area contributed by atoms with Gasteiger partial charge in [-0.3, -0.25) is 9.69 Å². The first-order valence-corrected chi connectivity index (χ1v) is 19.7. The first-order valence-electron chi connectivity index (χ1n) is 17.8. The maximum atomic E-state index is 13.0. The molecule has 1 amide bonds. The normalized spacial score (nSPS) is 20.8. The van der Waals surface area contributed by atoms with Gasteiger partial charge in [0.15, 0.2) is 15.7 Å². The summed E-state index contributed by atoms with van der Waals surface area (Å²) in [6.07, 6.45) is 10.5. The number of carbonyl (C=O) groups is 1. The van der Waals surface area contributed by atoms with Crippen molar-refractivity contribution >= 4 is 50.5 Å². The van der Waals surface area contributed by atoms with Crippen LogP contribution in [0.3, 0.4) is 0 Å². The van der Waals surface area contributed by atoms with Crippen LogP contribution in [0.1, 0.15) is 70.4 Å². The van der Waals surface area contributed by atoms with E-state index in [1.807, 2.05) is 13.8 Å². The van der Waals surface area contributed by atoms with Crippen LogP contribution in [0, 0.1) is 24.7 Å². The number of hydrogen-bond donors (Lipinski definition) is 3. The lowest BCUT2D eigenvalue weighted by Gasteiger charge is -2.33. The van der Waals surface area contributed by atoms with E-state index in [4.69, 9.17) is 16.3 Å². The van der Waals surface area contributed by atoms with Gasteiger partial charge in [-0.2, -0.15) is 4.98 Å². The molecule has 1 saturated heterocycles. The first-order chi connectivity index (χ1) is 23.9. The van der Waals surface area contributed by atoms with Gasteiger partial charge in [-0.1, -0.05) is 35.9 Å². The summed E-state index contributed by atoms with van der Waals surface area (Å²) in [6, 6.07) is 10.9. The van der Waals surface area contributed by atoms with E-state index in [1.165, 1.54) is 24.6 Å². The van der Waals surface area contributed by atoms with E-state index in [9.17, 15) is 13.2 Å². The lowest BCUT2D eigenvalue weighted by molar-refractivity contribution is -0.122. The van der Waals surface area contributed by atoms with E-state index >= 15 is 0 Å². The molecule has 3 aromatic rings. The molecule has 268 valence electrons. The molecule has 10 nitrogen and oxygen atoms in total. The van der Waals surface area contributed by atoms with Crippen LogP contribution in [-0.2, 0) is 14.6 Å². The average Bonchev–Trinajstić information content (AvgIpc) is 3.71. The molecule has 2 heterocycles. The second-order valence-corrected chi connectivity index (χ2v) is 17.4. The zero-order chi connectivity index (χ0) is 35.6. The van der Waals surface area contributed by atoms with Gasteiger partial charge in [0.05, 0.1) is 40.4 Å². The van der Waals surface area contributed by atoms with Crippen molar-refractivity contribution in [1.29, 1.82) is 0 Å². The summed E-state index contributed by atoms with van der Waals surface area (Å²) in [4.78, 5) is 24.2. The smallest absolute Gasteiger partial charge is 0.234 e. The van der Waals surface area contributed by atoms with Gasteiger partial charge in [0, 0.05) is 6.54 Å². The molecule has 0 radical (unpaired) electrons. The molecule has 2 aliphatic carbocycles. The van der Waals surface area contributed by atoms with Crippen LogP contribution < -0.4 is 20.7 Å². The molecule has 3 N–H and O–H groups in total. The Balaban J connectivity index is 1.12. The number of likely N-dealkylation sites (tertiary alicyclic amines) is 1. The SMILES string of the molecule is Cc1cc(Nc2ncc(Cl)c(Nc3ccccc3S(=O)(=O)C(C)C)n2)c(OC(C)C)cc1C1CCN(CC(=O)NCC2CC3C=CC2C3)CC1. The monoisotopic (exact) mass is 720 g/mol. The number of para-hydroxylation sites is 1. The number of hydrogen-bond acceptors (Lipinski definition) is 9. The van der Waals surface area contributed by atoms with Crippen molar-refractivity contribution in [2.45, 2.75) is 82.5 Å². The molecular formula is C38H49ClN6O4S. The lowest BCUT2D eigenvalue weighted by Crippen LogP contribution is -2.42. The number of fused-ring (bicyclic) bond motifs is 2. The number of aryl methyl sites for hydroxylation is 1. The fourth-order valence-electron chi connectivity index (χ4n) is 7.46. The Bertz CT molecular complexity index is 1840. The highest BCUT2D eigenvalue weighted by molar-refractivity contribution is 7.92. The number of carbonyl (C=O) groups excluding carboxylic acids is 1. The summed E-state index contributed by atoms with van der Waals surface area (Å²) < 4.78 is 32.3.